The molecule has 8 nitrogen and oxygen atoms in total. The van der Waals surface area contributed by atoms with Gasteiger partial charge in [0.05, 0.1) is 44.9 Å². The molecule has 1 unspecified atom stereocenters. The third kappa shape index (κ3) is 5.22. The highest BCUT2D eigenvalue weighted by Crippen LogP contribution is 2.38. The zero-order valence-electron chi connectivity index (χ0n) is 21.2. The zero-order valence-corrected chi connectivity index (χ0v) is 21.2. The first kappa shape index (κ1) is 24.9. The highest BCUT2D eigenvalue weighted by Gasteiger charge is 2.22. The normalized spacial score (nSPS) is 11.7. The average molecular weight is 490 g/mol. The van der Waals surface area contributed by atoms with Gasteiger partial charge in [0.2, 0.25) is 5.75 Å². The molecule has 1 aromatic heterocycles. The van der Waals surface area contributed by atoms with Gasteiger partial charge in [0, 0.05) is 5.56 Å². The van der Waals surface area contributed by atoms with Gasteiger partial charge in [0.1, 0.15) is 18.2 Å². The van der Waals surface area contributed by atoms with Crippen LogP contribution in [0.1, 0.15) is 34.7 Å². The number of imidazole rings is 1. The molecule has 4 aromatic rings. The Hall–Kier alpha value is -4.20. The molecule has 0 aliphatic carbocycles. The van der Waals surface area contributed by atoms with Crippen LogP contribution in [0.4, 0.5) is 0 Å². The van der Waals surface area contributed by atoms with E-state index in [4.69, 9.17) is 23.9 Å². The van der Waals surface area contributed by atoms with E-state index in [1.165, 1.54) is 21.3 Å². The van der Waals surface area contributed by atoms with E-state index in [1.54, 1.807) is 12.1 Å². The summed E-state index contributed by atoms with van der Waals surface area (Å²) in [5.74, 6) is 2.54. The minimum Gasteiger partial charge on any atom is -0.493 e. The second-order valence-electron chi connectivity index (χ2n) is 8.38. The molecule has 0 fully saturated rings. The summed E-state index contributed by atoms with van der Waals surface area (Å²) in [6.07, 6.45) is 0. The summed E-state index contributed by atoms with van der Waals surface area (Å²) in [6, 6.07) is 18.8. The molecular formula is C28H31N3O5. The molecule has 0 aliphatic rings. The second kappa shape index (κ2) is 11.0. The van der Waals surface area contributed by atoms with Crippen LogP contribution in [0.25, 0.3) is 11.0 Å². The first-order valence-corrected chi connectivity index (χ1v) is 11.7. The van der Waals surface area contributed by atoms with E-state index in [0.29, 0.717) is 36.0 Å². The number of benzene rings is 3. The summed E-state index contributed by atoms with van der Waals surface area (Å²) in [5, 5.41) is 3.05. The minimum absolute atomic E-state index is 0.281. The van der Waals surface area contributed by atoms with Crippen molar-refractivity contribution in [1.29, 1.82) is 0 Å². The van der Waals surface area contributed by atoms with Crippen molar-refractivity contribution in [1.82, 2.24) is 14.9 Å². The summed E-state index contributed by atoms with van der Waals surface area (Å²) in [6.45, 7) is 4.99. The van der Waals surface area contributed by atoms with Crippen LogP contribution in [-0.2, 0) is 6.54 Å². The van der Waals surface area contributed by atoms with Crippen molar-refractivity contribution in [2.75, 3.05) is 27.9 Å². The van der Waals surface area contributed by atoms with Gasteiger partial charge in [-0.15, -0.1) is 0 Å². The molecule has 0 saturated heterocycles. The molecule has 1 atom stereocenters. The van der Waals surface area contributed by atoms with Crippen LogP contribution in [0, 0.1) is 6.92 Å². The average Bonchev–Trinajstić information content (AvgIpc) is 3.26. The Morgan fingerprint density at radius 2 is 1.69 bits per heavy atom. The number of carbonyl (C=O) groups excluding carboxylic acids is 1. The lowest BCUT2D eigenvalue weighted by Gasteiger charge is -2.18. The molecular weight excluding hydrogens is 458 g/mol. The number of hydrogen-bond acceptors (Lipinski definition) is 6. The first-order valence-electron chi connectivity index (χ1n) is 11.7. The summed E-state index contributed by atoms with van der Waals surface area (Å²) in [4.78, 5) is 18.0. The minimum atomic E-state index is -0.372. The Kier molecular flexibility index (Phi) is 7.63. The lowest BCUT2D eigenvalue weighted by molar-refractivity contribution is 0.0936. The first-order chi connectivity index (χ1) is 17.4. The highest BCUT2D eigenvalue weighted by molar-refractivity contribution is 5.96. The van der Waals surface area contributed by atoms with Gasteiger partial charge in [-0.25, -0.2) is 4.98 Å². The SMILES string of the molecule is COc1cc(C(=O)NC(C)c2nc3ccccc3n2CCOc2cccc(C)c2)cc(OC)c1OC. The van der Waals surface area contributed by atoms with Crippen molar-refractivity contribution in [3.8, 4) is 23.0 Å². The topological polar surface area (TPSA) is 83.8 Å². The molecule has 1 amide bonds. The Labute approximate surface area is 210 Å². The number of para-hydroxylation sites is 2. The van der Waals surface area contributed by atoms with E-state index in [2.05, 4.69) is 9.88 Å². The number of nitrogens with zero attached hydrogens (tertiary/aromatic N) is 2. The summed E-state index contributed by atoms with van der Waals surface area (Å²) in [5.41, 5.74) is 3.37. The smallest absolute Gasteiger partial charge is 0.252 e. The monoisotopic (exact) mass is 489 g/mol. The second-order valence-corrected chi connectivity index (χ2v) is 8.38. The summed E-state index contributed by atoms with van der Waals surface area (Å²) >= 11 is 0. The fourth-order valence-electron chi connectivity index (χ4n) is 4.18. The van der Waals surface area contributed by atoms with Gasteiger partial charge in [-0.3, -0.25) is 4.79 Å². The largest absolute Gasteiger partial charge is 0.493 e. The molecule has 0 radical (unpaired) electrons. The van der Waals surface area contributed by atoms with Gasteiger partial charge >= 0.3 is 0 Å². The number of fused-ring (bicyclic) bond motifs is 1. The van der Waals surface area contributed by atoms with Gasteiger partial charge in [-0.05, 0) is 55.8 Å². The van der Waals surface area contributed by atoms with Gasteiger partial charge in [-0.1, -0.05) is 24.3 Å². The van der Waals surface area contributed by atoms with Gasteiger partial charge in [0.15, 0.2) is 11.5 Å². The standard InChI is InChI=1S/C28H31N3O5/c1-18-9-8-10-21(15-18)36-14-13-31-23-12-7-6-11-22(23)30-27(31)19(2)29-28(32)20-16-24(33-3)26(35-5)25(17-20)34-4/h6-12,15-17,19H,13-14H2,1-5H3,(H,29,32). The lowest BCUT2D eigenvalue weighted by Crippen LogP contribution is -2.29. The third-order valence-electron chi connectivity index (χ3n) is 5.92. The molecule has 0 aliphatic heterocycles. The van der Waals surface area contributed by atoms with Crippen molar-refractivity contribution in [2.24, 2.45) is 0 Å². The van der Waals surface area contributed by atoms with Crippen molar-refractivity contribution < 1.29 is 23.7 Å². The predicted octanol–water partition coefficient (Wildman–Crippen LogP) is 4.94. The molecule has 36 heavy (non-hydrogen) atoms. The highest BCUT2D eigenvalue weighted by atomic mass is 16.5. The number of nitrogens with one attached hydrogen (secondary N) is 1. The van der Waals surface area contributed by atoms with Crippen LogP contribution in [0.5, 0.6) is 23.0 Å². The predicted molar refractivity (Wildman–Crippen MR) is 138 cm³/mol. The molecule has 4 rings (SSSR count). The number of aromatic nitrogens is 2. The van der Waals surface area contributed by atoms with E-state index >= 15 is 0 Å². The molecule has 1 heterocycles. The number of methoxy groups -OCH3 is 3. The zero-order chi connectivity index (χ0) is 25.7. The molecule has 188 valence electrons. The maximum atomic E-state index is 13.2. The molecule has 0 saturated carbocycles. The van der Waals surface area contributed by atoms with E-state index < -0.39 is 0 Å². The Morgan fingerprint density at radius 1 is 0.972 bits per heavy atom. The fraction of sp³-hybridized carbons (Fsp3) is 0.286. The Bertz CT molecular complexity index is 1340. The summed E-state index contributed by atoms with van der Waals surface area (Å²) < 4.78 is 24.2. The van der Waals surface area contributed by atoms with E-state index in [9.17, 15) is 4.79 Å². The summed E-state index contributed by atoms with van der Waals surface area (Å²) in [7, 11) is 4.56. The van der Waals surface area contributed by atoms with E-state index in [0.717, 1.165) is 28.2 Å². The number of ether oxygens (including phenoxy) is 4. The van der Waals surface area contributed by atoms with Gasteiger partial charge in [0.25, 0.3) is 5.91 Å². The van der Waals surface area contributed by atoms with Crippen LogP contribution in [-0.4, -0.2) is 43.4 Å². The number of carbonyl (C=O) groups is 1. The van der Waals surface area contributed by atoms with Crippen LogP contribution in [0.3, 0.4) is 0 Å². The fourth-order valence-corrected chi connectivity index (χ4v) is 4.18. The Balaban J connectivity index is 1.57. The number of rotatable bonds is 10. The molecule has 8 heteroatoms. The van der Waals surface area contributed by atoms with Crippen molar-refractivity contribution in [3.63, 3.8) is 0 Å². The van der Waals surface area contributed by atoms with Crippen molar-refractivity contribution >= 4 is 16.9 Å². The molecule has 1 N–H and O–H groups in total. The van der Waals surface area contributed by atoms with E-state index in [1.807, 2.05) is 62.4 Å². The van der Waals surface area contributed by atoms with Crippen LogP contribution in [0.2, 0.25) is 0 Å². The van der Waals surface area contributed by atoms with Crippen LogP contribution in [0.15, 0.2) is 60.7 Å². The molecule has 0 spiro atoms. The quantitative estimate of drug-likeness (QED) is 0.340. The van der Waals surface area contributed by atoms with Crippen LogP contribution < -0.4 is 24.3 Å². The van der Waals surface area contributed by atoms with Crippen LogP contribution >= 0.6 is 0 Å². The maximum Gasteiger partial charge on any atom is 0.252 e. The van der Waals surface area contributed by atoms with Crippen molar-refractivity contribution in [2.45, 2.75) is 26.4 Å². The molecule has 0 bridgehead atoms. The number of hydrogen-bond donors (Lipinski definition) is 1. The van der Waals surface area contributed by atoms with Gasteiger partial charge < -0.3 is 28.8 Å². The number of aryl methyl sites for hydroxylation is 1. The lowest BCUT2D eigenvalue weighted by atomic mass is 10.1. The third-order valence-corrected chi connectivity index (χ3v) is 5.92. The Morgan fingerprint density at radius 3 is 2.36 bits per heavy atom. The van der Waals surface area contributed by atoms with Gasteiger partial charge in [-0.2, -0.15) is 0 Å². The molecule has 3 aromatic carbocycles. The van der Waals surface area contributed by atoms with E-state index in [-0.39, 0.29) is 11.9 Å². The number of amides is 1. The van der Waals surface area contributed by atoms with Crippen molar-refractivity contribution in [3.05, 3.63) is 77.6 Å². The maximum absolute atomic E-state index is 13.2.